The lowest BCUT2D eigenvalue weighted by atomic mass is 10.1. The molecule has 3 heteroatoms. The molecule has 0 aliphatic carbocycles. The summed E-state index contributed by atoms with van der Waals surface area (Å²) in [7, 11) is 0. The van der Waals surface area contributed by atoms with Gasteiger partial charge in [-0.15, -0.1) is 0 Å². The Morgan fingerprint density at radius 3 is 2.67 bits per heavy atom. The van der Waals surface area contributed by atoms with E-state index in [0.29, 0.717) is 0 Å². The monoisotopic (exact) mass is 292 g/mol. The van der Waals surface area contributed by atoms with Crippen molar-refractivity contribution < 1.29 is 0 Å². The molecule has 3 aromatic carbocycles. The smallest absolute Gasteiger partial charge is 0.111 e. The zero-order valence-electron chi connectivity index (χ0n) is 11.3. The van der Waals surface area contributed by atoms with Crippen LogP contribution in [0.2, 0.25) is 5.02 Å². The molecule has 1 N–H and O–H groups in total. The molecule has 0 aliphatic rings. The minimum Gasteiger partial charge on any atom is -0.342 e. The summed E-state index contributed by atoms with van der Waals surface area (Å²) in [4.78, 5) is 7.95. The molecular weight excluding hydrogens is 280 g/mol. The van der Waals surface area contributed by atoms with Gasteiger partial charge < -0.3 is 4.98 Å². The molecule has 4 rings (SSSR count). The molecule has 0 radical (unpaired) electrons. The maximum absolute atomic E-state index is 6.01. The Morgan fingerprint density at radius 2 is 1.76 bits per heavy atom. The zero-order valence-corrected chi connectivity index (χ0v) is 12.1. The fourth-order valence-corrected chi connectivity index (χ4v) is 2.83. The molecule has 0 saturated heterocycles. The highest BCUT2D eigenvalue weighted by Crippen LogP contribution is 2.20. The third kappa shape index (κ3) is 2.39. The highest BCUT2D eigenvalue weighted by Gasteiger charge is 2.05. The second-order valence-corrected chi connectivity index (χ2v) is 5.64. The van der Waals surface area contributed by atoms with Crippen LogP contribution in [0.3, 0.4) is 0 Å². The van der Waals surface area contributed by atoms with Crippen molar-refractivity contribution in [2.75, 3.05) is 0 Å². The van der Waals surface area contributed by atoms with E-state index in [0.717, 1.165) is 28.3 Å². The fraction of sp³-hybridized carbons (Fsp3) is 0.0556. The summed E-state index contributed by atoms with van der Waals surface area (Å²) in [5.41, 5.74) is 3.19. The van der Waals surface area contributed by atoms with Crippen molar-refractivity contribution in [2.24, 2.45) is 0 Å². The molecule has 0 aliphatic heterocycles. The van der Waals surface area contributed by atoms with Crippen LogP contribution >= 0.6 is 11.6 Å². The van der Waals surface area contributed by atoms with Crippen molar-refractivity contribution in [1.29, 1.82) is 0 Å². The first-order chi connectivity index (χ1) is 10.3. The summed E-state index contributed by atoms with van der Waals surface area (Å²) in [6, 6.07) is 20.6. The van der Waals surface area contributed by atoms with Crippen LogP contribution in [0.1, 0.15) is 11.4 Å². The minimum absolute atomic E-state index is 0.725. The molecule has 0 unspecified atom stereocenters. The van der Waals surface area contributed by atoms with Gasteiger partial charge in [0.1, 0.15) is 5.82 Å². The van der Waals surface area contributed by atoms with Gasteiger partial charge in [0.15, 0.2) is 0 Å². The van der Waals surface area contributed by atoms with E-state index >= 15 is 0 Å². The normalized spacial score (nSPS) is 11.3. The lowest BCUT2D eigenvalue weighted by Gasteiger charge is -2.01. The topological polar surface area (TPSA) is 28.7 Å². The number of aromatic amines is 1. The van der Waals surface area contributed by atoms with E-state index in [-0.39, 0.29) is 0 Å². The number of benzene rings is 3. The Labute approximate surface area is 127 Å². The van der Waals surface area contributed by atoms with E-state index < -0.39 is 0 Å². The van der Waals surface area contributed by atoms with Gasteiger partial charge in [0.2, 0.25) is 0 Å². The molecule has 0 fully saturated rings. The molecule has 1 aromatic heterocycles. The number of hydrogen-bond acceptors (Lipinski definition) is 1. The fourth-order valence-electron chi connectivity index (χ4n) is 2.66. The third-order valence-electron chi connectivity index (χ3n) is 3.68. The Morgan fingerprint density at radius 1 is 0.905 bits per heavy atom. The molecule has 4 aromatic rings. The van der Waals surface area contributed by atoms with Gasteiger partial charge in [0.25, 0.3) is 0 Å². The van der Waals surface area contributed by atoms with E-state index in [1.165, 1.54) is 16.3 Å². The zero-order chi connectivity index (χ0) is 14.2. The molecule has 0 saturated carbocycles. The van der Waals surface area contributed by atoms with E-state index in [1.807, 2.05) is 18.2 Å². The van der Waals surface area contributed by atoms with Crippen molar-refractivity contribution >= 4 is 33.4 Å². The predicted octanol–water partition coefficient (Wildman–Crippen LogP) is 4.96. The predicted molar refractivity (Wildman–Crippen MR) is 87.9 cm³/mol. The number of fused-ring (bicyclic) bond motifs is 2. The summed E-state index contributed by atoms with van der Waals surface area (Å²) >= 11 is 6.01. The Hall–Kier alpha value is -2.32. The second-order valence-electron chi connectivity index (χ2n) is 5.20. The second kappa shape index (κ2) is 4.90. The molecule has 102 valence electrons. The van der Waals surface area contributed by atoms with Crippen LogP contribution in [-0.4, -0.2) is 9.97 Å². The summed E-state index contributed by atoms with van der Waals surface area (Å²) in [6.45, 7) is 0. The minimum atomic E-state index is 0.725. The molecule has 2 nitrogen and oxygen atoms in total. The van der Waals surface area contributed by atoms with E-state index in [4.69, 9.17) is 11.6 Å². The number of hydrogen-bond donors (Lipinski definition) is 1. The largest absolute Gasteiger partial charge is 0.342 e. The van der Waals surface area contributed by atoms with Gasteiger partial charge in [-0.2, -0.15) is 0 Å². The number of halogens is 1. The summed E-state index contributed by atoms with van der Waals surface area (Å²) in [5.74, 6) is 0.961. The van der Waals surface area contributed by atoms with Crippen LogP contribution in [0.4, 0.5) is 0 Å². The Kier molecular flexibility index (Phi) is 2.90. The van der Waals surface area contributed by atoms with Crippen LogP contribution in [0.15, 0.2) is 60.7 Å². The van der Waals surface area contributed by atoms with Crippen molar-refractivity contribution in [1.82, 2.24) is 9.97 Å². The summed E-state index contributed by atoms with van der Waals surface area (Å²) in [5, 5.41) is 3.25. The molecule has 0 bridgehead atoms. The van der Waals surface area contributed by atoms with Crippen molar-refractivity contribution in [2.45, 2.75) is 6.42 Å². The first-order valence-corrected chi connectivity index (χ1v) is 7.27. The lowest BCUT2D eigenvalue weighted by molar-refractivity contribution is 1.04. The SMILES string of the molecule is Clc1ccc2nc(Cc3ccc4ccccc4c3)[nH]c2c1. The van der Waals surface area contributed by atoms with Crippen LogP contribution in [0.5, 0.6) is 0 Å². The van der Waals surface area contributed by atoms with Crippen molar-refractivity contribution in [3.05, 3.63) is 77.1 Å². The standard InChI is InChI=1S/C18H13ClN2/c19-15-7-8-16-17(11-15)21-18(20-16)10-12-5-6-13-3-1-2-4-14(13)9-12/h1-9,11H,10H2,(H,20,21). The van der Waals surface area contributed by atoms with Crippen LogP contribution in [0, 0.1) is 0 Å². The maximum Gasteiger partial charge on any atom is 0.111 e. The summed E-state index contributed by atoms with van der Waals surface area (Å²) in [6.07, 6.45) is 0.789. The van der Waals surface area contributed by atoms with E-state index in [9.17, 15) is 0 Å². The molecule has 21 heavy (non-hydrogen) atoms. The van der Waals surface area contributed by atoms with Gasteiger partial charge in [-0.3, -0.25) is 0 Å². The number of H-pyrrole nitrogens is 1. The van der Waals surface area contributed by atoms with Gasteiger partial charge in [-0.1, -0.05) is 54.1 Å². The highest BCUT2D eigenvalue weighted by molar-refractivity contribution is 6.31. The molecule has 0 spiro atoms. The molecule has 0 amide bonds. The first kappa shape index (κ1) is 12.4. The van der Waals surface area contributed by atoms with E-state index in [2.05, 4.69) is 52.4 Å². The molecular formula is C18H13ClN2. The van der Waals surface area contributed by atoms with Crippen LogP contribution < -0.4 is 0 Å². The quantitative estimate of drug-likeness (QED) is 0.556. The van der Waals surface area contributed by atoms with Crippen molar-refractivity contribution in [3.8, 4) is 0 Å². The summed E-state index contributed by atoms with van der Waals surface area (Å²) < 4.78 is 0. The number of nitrogens with zero attached hydrogens (tertiary/aromatic N) is 1. The van der Waals surface area contributed by atoms with Gasteiger partial charge in [0, 0.05) is 11.4 Å². The van der Waals surface area contributed by atoms with Crippen LogP contribution in [-0.2, 0) is 6.42 Å². The number of rotatable bonds is 2. The molecule has 0 atom stereocenters. The van der Waals surface area contributed by atoms with Crippen molar-refractivity contribution in [3.63, 3.8) is 0 Å². The Bertz CT molecular complexity index is 940. The van der Waals surface area contributed by atoms with Gasteiger partial charge in [0.05, 0.1) is 11.0 Å². The average molecular weight is 293 g/mol. The number of aromatic nitrogens is 2. The Balaban J connectivity index is 1.71. The first-order valence-electron chi connectivity index (χ1n) is 6.90. The maximum atomic E-state index is 6.01. The van der Waals surface area contributed by atoms with Gasteiger partial charge in [-0.05, 0) is 34.5 Å². The number of nitrogens with one attached hydrogen (secondary N) is 1. The average Bonchev–Trinajstić information content (AvgIpc) is 2.88. The van der Waals surface area contributed by atoms with Gasteiger partial charge >= 0.3 is 0 Å². The van der Waals surface area contributed by atoms with Crippen LogP contribution in [0.25, 0.3) is 21.8 Å². The van der Waals surface area contributed by atoms with Gasteiger partial charge in [-0.25, -0.2) is 4.98 Å². The highest BCUT2D eigenvalue weighted by atomic mass is 35.5. The lowest BCUT2D eigenvalue weighted by Crippen LogP contribution is -1.90. The number of imidazole rings is 1. The van der Waals surface area contributed by atoms with E-state index in [1.54, 1.807) is 0 Å². The third-order valence-corrected chi connectivity index (χ3v) is 3.91. The molecule has 1 heterocycles.